The summed E-state index contributed by atoms with van der Waals surface area (Å²) >= 11 is 3.22. The van der Waals surface area contributed by atoms with Gasteiger partial charge in [0.15, 0.2) is 6.61 Å². The van der Waals surface area contributed by atoms with Crippen LogP contribution in [-0.4, -0.2) is 50.9 Å². The number of piperidine rings is 1. The maximum atomic E-state index is 12.3. The number of esters is 1. The number of sulfonamides is 1. The van der Waals surface area contributed by atoms with E-state index in [2.05, 4.69) is 20.7 Å². The van der Waals surface area contributed by atoms with Gasteiger partial charge < -0.3 is 9.64 Å². The smallest absolute Gasteiger partial charge is 0.339 e. The van der Waals surface area contributed by atoms with E-state index in [4.69, 9.17) is 4.74 Å². The standard InChI is InChI=1S/C17H23BrN2O5S/c1-12(2)19-26(23,24)13-6-7-15(18)14(10-13)17(22)25-11-16(21)20-8-4-3-5-9-20/h6-7,10,12,19H,3-5,8-9,11H2,1-2H3. The molecule has 0 aliphatic carbocycles. The number of nitrogens with one attached hydrogen (secondary N) is 1. The highest BCUT2D eigenvalue weighted by atomic mass is 79.9. The number of likely N-dealkylation sites (tertiary alicyclic amines) is 1. The van der Waals surface area contributed by atoms with Crippen molar-refractivity contribution in [2.75, 3.05) is 19.7 Å². The monoisotopic (exact) mass is 446 g/mol. The third-order valence-corrected chi connectivity index (χ3v) is 6.24. The first-order valence-corrected chi connectivity index (χ1v) is 10.7. The Kier molecular flexibility index (Phi) is 7.19. The number of carbonyl (C=O) groups is 2. The fourth-order valence-electron chi connectivity index (χ4n) is 2.65. The molecule has 0 bridgehead atoms. The average molecular weight is 447 g/mol. The molecule has 0 atom stereocenters. The van der Waals surface area contributed by atoms with Gasteiger partial charge in [-0.3, -0.25) is 4.79 Å². The molecule has 1 aromatic rings. The number of ether oxygens (including phenoxy) is 1. The van der Waals surface area contributed by atoms with Gasteiger partial charge in [-0.1, -0.05) is 0 Å². The third-order valence-electron chi connectivity index (χ3n) is 3.89. The third kappa shape index (κ3) is 5.52. The Morgan fingerprint density at radius 2 is 1.88 bits per heavy atom. The highest BCUT2D eigenvalue weighted by Crippen LogP contribution is 2.22. The van der Waals surface area contributed by atoms with Gasteiger partial charge in [0, 0.05) is 23.6 Å². The van der Waals surface area contributed by atoms with E-state index >= 15 is 0 Å². The van der Waals surface area contributed by atoms with Crippen LogP contribution < -0.4 is 4.72 Å². The fourth-order valence-corrected chi connectivity index (χ4v) is 4.33. The van der Waals surface area contributed by atoms with Crippen LogP contribution in [0.4, 0.5) is 0 Å². The molecule has 0 unspecified atom stereocenters. The van der Waals surface area contributed by atoms with Crippen molar-refractivity contribution in [3.05, 3.63) is 28.2 Å². The van der Waals surface area contributed by atoms with Crippen molar-refractivity contribution in [1.29, 1.82) is 0 Å². The zero-order valence-corrected chi connectivity index (χ0v) is 17.2. The first-order chi connectivity index (χ1) is 12.2. The van der Waals surface area contributed by atoms with Crippen LogP contribution in [0.15, 0.2) is 27.6 Å². The van der Waals surface area contributed by atoms with Crippen LogP contribution in [0.2, 0.25) is 0 Å². The van der Waals surface area contributed by atoms with Crippen molar-refractivity contribution in [2.45, 2.75) is 44.0 Å². The Hall–Kier alpha value is -1.45. The van der Waals surface area contributed by atoms with E-state index in [1.807, 2.05) is 0 Å². The molecule has 1 heterocycles. The molecular formula is C17H23BrN2O5S. The zero-order valence-electron chi connectivity index (χ0n) is 14.8. The van der Waals surface area contributed by atoms with Crippen LogP contribution >= 0.6 is 15.9 Å². The first-order valence-electron chi connectivity index (χ1n) is 8.47. The van der Waals surface area contributed by atoms with Crippen LogP contribution in [-0.2, 0) is 19.6 Å². The summed E-state index contributed by atoms with van der Waals surface area (Å²) in [4.78, 5) is 26.1. The van der Waals surface area contributed by atoms with Gasteiger partial charge in [0.05, 0.1) is 10.5 Å². The van der Waals surface area contributed by atoms with Gasteiger partial charge in [-0.25, -0.2) is 17.9 Å². The van der Waals surface area contributed by atoms with E-state index in [1.54, 1.807) is 18.7 Å². The summed E-state index contributed by atoms with van der Waals surface area (Å²) in [5.41, 5.74) is 0.0584. The molecule has 7 nitrogen and oxygen atoms in total. The highest BCUT2D eigenvalue weighted by Gasteiger charge is 2.22. The van der Waals surface area contributed by atoms with E-state index in [9.17, 15) is 18.0 Å². The number of nitrogens with zero attached hydrogens (tertiary/aromatic N) is 1. The van der Waals surface area contributed by atoms with Crippen LogP contribution in [0, 0.1) is 0 Å². The molecule has 0 saturated carbocycles. The lowest BCUT2D eigenvalue weighted by atomic mass is 10.1. The minimum absolute atomic E-state index is 0.0382. The summed E-state index contributed by atoms with van der Waals surface area (Å²) in [6.07, 6.45) is 3.00. The zero-order chi connectivity index (χ0) is 19.3. The molecule has 1 aromatic carbocycles. The Morgan fingerprint density at radius 3 is 2.50 bits per heavy atom. The number of hydrogen-bond acceptors (Lipinski definition) is 5. The summed E-state index contributed by atoms with van der Waals surface area (Å²) in [6, 6.07) is 3.83. The van der Waals surface area contributed by atoms with E-state index in [0.717, 1.165) is 19.3 Å². The lowest BCUT2D eigenvalue weighted by molar-refractivity contribution is -0.135. The Bertz CT molecular complexity index is 773. The minimum atomic E-state index is -3.73. The highest BCUT2D eigenvalue weighted by molar-refractivity contribution is 9.10. The number of benzene rings is 1. The molecule has 0 radical (unpaired) electrons. The number of halogens is 1. The van der Waals surface area contributed by atoms with Crippen LogP contribution in [0.25, 0.3) is 0 Å². The van der Waals surface area contributed by atoms with Crippen molar-refractivity contribution in [2.24, 2.45) is 0 Å². The summed E-state index contributed by atoms with van der Waals surface area (Å²) in [6.45, 7) is 4.41. The van der Waals surface area contributed by atoms with Crippen molar-refractivity contribution in [3.63, 3.8) is 0 Å². The Morgan fingerprint density at radius 1 is 1.23 bits per heavy atom. The number of carbonyl (C=O) groups excluding carboxylic acids is 2. The normalized spacial score (nSPS) is 15.2. The van der Waals surface area contributed by atoms with Gasteiger partial charge >= 0.3 is 5.97 Å². The van der Waals surface area contributed by atoms with Crippen molar-refractivity contribution in [3.8, 4) is 0 Å². The molecule has 1 amide bonds. The lowest BCUT2D eigenvalue weighted by Gasteiger charge is -2.26. The van der Waals surface area contributed by atoms with Crippen LogP contribution in [0.3, 0.4) is 0 Å². The lowest BCUT2D eigenvalue weighted by Crippen LogP contribution is -2.38. The molecule has 1 N–H and O–H groups in total. The van der Waals surface area contributed by atoms with Gasteiger partial charge in [0.2, 0.25) is 10.0 Å². The summed E-state index contributed by atoms with van der Waals surface area (Å²) in [7, 11) is -3.73. The van der Waals surface area contributed by atoms with E-state index < -0.39 is 16.0 Å². The number of rotatable bonds is 6. The molecular weight excluding hydrogens is 424 g/mol. The minimum Gasteiger partial charge on any atom is -0.452 e. The largest absolute Gasteiger partial charge is 0.452 e. The van der Waals surface area contributed by atoms with Gasteiger partial charge in [0.1, 0.15) is 0 Å². The maximum absolute atomic E-state index is 12.3. The predicted octanol–water partition coefficient (Wildman–Crippen LogP) is 2.31. The van der Waals surface area contributed by atoms with Gasteiger partial charge in [-0.15, -0.1) is 0 Å². The van der Waals surface area contributed by atoms with Gasteiger partial charge in [0.25, 0.3) is 5.91 Å². The number of amides is 1. The predicted molar refractivity (Wildman–Crippen MR) is 100 cm³/mol. The molecule has 1 fully saturated rings. The second kappa shape index (κ2) is 8.96. The van der Waals surface area contributed by atoms with Crippen LogP contribution in [0.1, 0.15) is 43.5 Å². The van der Waals surface area contributed by atoms with Gasteiger partial charge in [-0.05, 0) is 67.2 Å². The summed E-state index contributed by atoms with van der Waals surface area (Å²) in [5.74, 6) is -0.983. The summed E-state index contributed by atoms with van der Waals surface area (Å²) in [5, 5.41) is 0. The van der Waals surface area contributed by atoms with Crippen molar-refractivity contribution >= 4 is 37.8 Å². The Balaban J connectivity index is 2.08. The SMILES string of the molecule is CC(C)NS(=O)(=O)c1ccc(Br)c(C(=O)OCC(=O)N2CCCCC2)c1. The molecule has 0 spiro atoms. The fraction of sp³-hybridized carbons (Fsp3) is 0.529. The van der Waals surface area contributed by atoms with E-state index in [0.29, 0.717) is 17.6 Å². The van der Waals surface area contributed by atoms with Gasteiger partial charge in [-0.2, -0.15) is 0 Å². The Labute approximate surface area is 162 Å². The van der Waals surface area contributed by atoms with Crippen molar-refractivity contribution < 1.29 is 22.7 Å². The molecule has 1 saturated heterocycles. The molecule has 1 aliphatic heterocycles. The molecule has 9 heteroatoms. The van der Waals surface area contributed by atoms with E-state index in [1.165, 1.54) is 18.2 Å². The molecule has 144 valence electrons. The quantitative estimate of drug-likeness (QED) is 0.676. The summed E-state index contributed by atoms with van der Waals surface area (Å²) < 4.78 is 32.5. The average Bonchev–Trinajstić information content (AvgIpc) is 2.59. The molecule has 26 heavy (non-hydrogen) atoms. The second-order valence-corrected chi connectivity index (χ2v) is 9.00. The molecule has 1 aliphatic rings. The van der Waals surface area contributed by atoms with E-state index in [-0.39, 0.29) is 29.0 Å². The van der Waals surface area contributed by atoms with Crippen LogP contribution in [0.5, 0.6) is 0 Å². The number of hydrogen-bond donors (Lipinski definition) is 1. The molecule has 0 aromatic heterocycles. The maximum Gasteiger partial charge on any atom is 0.339 e. The van der Waals surface area contributed by atoms with Crippen molar-refractivity contribution in [1.82, 2.24) is 9.62 Å². The topological polar surface area (TPSA) is 92.8 Å². The second-order valence-electron chi connectivity index (χ2n) is 6.44. The first kappa shape index (κ1) is 20.9. The molecule has 2 rings (SSSR count).